The largest absolute Gasteiger partial charge is 0.493 e. The highest BCUT2D eigenvalue weighted by molar-refractivity contribution is 5.79. The van der Waals surface area contributed by atoms with Gasteiger partial charge in [-0.15, -0.1) is 0 Å². The summed E-state index contributed by atoms with van der Waals surface area (Å²) in [5, 5.41) is 11.1. The number of para-hydroxylation sites is 2. The van der Waals surface area contributed by atoms with Crippen LogP contribution < -0.4 is 19.6 Å². The van der Waals surface area contributed by atoms with Gasteiger partial charge in [0.15, 0.2) is 11.5 Å². The van der Waals surface area contributed by atoms with E-state index in [2.05, 4.69) is 0 Å². The molecule has 0 aliphatic rings. The molecular weight excluding hydrogens is 402 g/mol. The lowest BCUT2D eigenvalue weighted by Crippen LogP contribution is -2.05. The van der Waals surface area contributed by atoms with Crippen molar-refractivity contribution in [2.45, 2.75) is 6.61 Å². The van der Waals surface area contributed by atoms with E-state index in [9.17, 15) is 14.9 Å². The molecule has 0 aliphatic heterocycles. The predicted molar refractivity (Wildman–Crippen MR) is 113 cm³/mol. The maximum atomic E-state index is 12.8. The number of hydrogen-bond donors (Lipinski definition) is 0. The van der Waals surface area contributed by atoms with Crippen LogP contribution in [0.25, 0.3) is 11.0 Å². The van der Waals surface area contributed by atoms with Gasteiger partial charge in [-0.05, 0) is 42.0 Å². The van der Waals surface area contributed by atoms with Crippen molar-refractivity contribution in [3.05, 3.63) is 98.9 Å². The number of non-ortho nitro benzene ring substituents is 1. The number of ether oxygens (including phenoxy) is 3. The quantitative estimate of drug-likeness (QED) is 0.304. The molecule has 0 spiro atoms. The number of rotatable bonds is 7. The minimum absolute atomic E-state index is 0.0161. The summed E-state index contributed by atoms with van der Waals surface area (Å²) >= 11 is 0. The first-order valence-electron chi connectivity index (χ1n) is 9.28. The number of hydrogen-bond acceptors (Lipinski definition) is 7. The highest BCUT2D eigenvalue weighted by atomic mass is 16.6. The third kappa shape index (κ3) is 4.32. The van der Waals surface area contributed by atoms with Crippen molar-refractivity contribution in [3.63, 3.8) is 0 Å². The van der Waals surface area contributed by atoms with E-state index in [-0.39, 0.29) is 23.5 Å². The van der Waals surface area contributed by atoms with Crippen molar-refractivity contribution >= 4 is 16.7 Å². The lowest BCUT2D eigenvalue weighted by molar-refractivity contribution is -0.384. The summed E-state index contributed by atoms with van der Waals surface area (Å²) in [6.07, 6.45) is 1.25. The molecule has 3 aromatic carbocycles. The minimum atomic E-state index is -0.457. The van der Waals surface area contributed by atoms with E-state index in [0.717, 1.165) is 5.56 Å². The van der Waals surface area contributed by atoms with Crippen molar-refractivity contribution in [1.82, 2.24) is 0 Å². The van der Waals surface area contributed by atoms with E-state index in [1.807, 2.05) is 0 Å². The third-order valence-corrected chi connectivity index (χ3v) is 4.56. The first-order chi connectivity index (χ1) is 15.0. The van der Waals surface area contributed by atoms with Crippen LogP contribution in [0.3, 0.4) is 0 Å². The average Bonchev–Trinajstić information content (AvgIpc) is 2.80. The van der Waals surface area contributed by atoms with Crippen LogP contribution in [-0.2, 0) is 6.61 Å². The van der Waals surface area contributed by atoms with Gasteiger partial charge in [0, 0.05) is 18.2 Å². The molecule has 0 saturated heterocycles. The first-order valence-corrected chi connectivity index (χ1v) is 9.28. The second kappa shape index (κ2) is 8.58. The Hall–Kier alpha value is -4.33. The number of fused-ring (bicyclic) bond motifs is 1. The Morgan fingerprint density at radius 1 is 0.968 bits per heavy atom. The summed E-state index contributed by atoms with van der Waals surface area (Å²) in [5.74, 6) is 1.43. The molecule has 0 aliphatic carbocycles. The molecule has 1 heterocycles. The maximum Gasteiger partial charge on any atom is 0.269 e. The summed E-state index contributed by atoms with van der Waals surface area (Å²) in [5.41, 5.74) is 0.808. The number of nitrogens with zero attached hydrogens (tertiary/aromatic N) is 1. The molecule has 0 saturated carbocycles. The van der Waals surface area contributed by atoms with Gasteiger partial charge in [0.2, 0.25) is 11.2 Å². The van der Waals surface area contributed by atoms with E-state index in [4.69, 9.17) is 18.6 Å². The number of benzene rings is 3. The van der Waals surface area contributed by atoms with Crippen molar-refractivity contribution in [2.24, 2.45) is 0 Å². The molecule has 0 unspecified atom stereocenters. The number of nitro groups is 1. The zero-order chi connectivity index (χ0) is 21.8. The summed E-state index contributed by atoms with van der Waals surface area (Å²) in [4.78, 5) is 23.1. The molecule has 156 valence electrons. The van der Waals surface area contributed by atoms with Crippen LogP contribution >= 0.6 is 0 Å². The third-order valence-electron chi connectivity index (χ3n) is 4.56. The fraction of sp³-hybridized carbons (Fsp3) is 0.0870. The highest BCUT2D eigenvalue weighted by Crippen LogP contribution is 2.30. The van der Waals surface area contributed by atoms with Gasteiger partial charge in [-0.25, -0.2) is 0 Å². The van der Waals surface area contributed by atoms with Crippen molar-refractivity contribution in [1.29, 1.82) is 0 Å². The molecule has 8 heteroatoms. The average molecular weight is 419 g/mol. The Balaban J connectivity index is 1.53. The number of nitro benzene ring substituents is 1. The molecule has 0 bridgehead atoms. The summed E-state index contributed by atoms with van der Waals surface area (Å²) < 4.78 is 22.2. The fourth-order valence-electron chi connectivity index (χ4n) is 2.95. The van der Waals surface area contributed by atoms with Gasteiger partial charge >= 0.3 is 0 Å². The second-order valence-corrected chi connectivity index (χ2v) is 6.55. The molecule has 4 rings (SSSR count). The van der Waals surface area contributed by atoms with Gasteiger partial charge in [0.25, 0.3) is 5.69 Å². The minimum Gasteiger partial charge on any atom is -0.493 e. The summed E-state index contributed by atoms with van der Waals surface area (Å²) in [7, 11) is 1.52. The van der Waals surface area contributed by atoms with Crippen molar-refractivity contribution < 1.29 is 23.6 Å². The van der Waals surface area contributed by atoms with Crippen LogP contribution in [-0.4, -0.2) is 12.0 Å². The molecule has 0 atom stereocenters. The van der Waals surface area contributed by atoms with E-state index >= 15 is 0 Å². The second-order valence-electron chi connectivity index (χ2n) is 6.55. The van der Waals surface area contributed by atoms with Gasteiger partial charge in [-0.1, -0.05) is 12.1 Å². The molecule has 1 aromatic heterocycles. The van der Waals surface area contributed by atoms with Gasteiger partial charge in [0.05, 0.1) is 17.4 Å². The first kappa shape index (κ1) is 20.0. The predicted octanol–water partition coefficient (Wildman–Crippen LogP) is 5.08. The van der Waals surface area contributed by atoms with E-state index in [1.165, 1.54) is 25.5 Å². The topological polar surface area (TPSA) is 101 Å². The van der Waals surface area contributed by atoms with E-state index in [1.54, 1.807) is 54.6 Å². The van der Waals surface area contributed by atoms with Crippen LogP contribution in [0.4, 0.5) is 5.69 Å². The van der Waals surface area contributed by atoms with Gasteiger partial charge in [0.1, 0.15) is 24.2 Å². The summed E-state index contributed by atoms with van der Waals surface area (Å²) in [6.45, 7) is 0.211. The van der Waals surface area contributed by atoms with Crippen LogP contribution in [0, 0.1) is 10.1 Å². The highest BCUT2D eigenvalue weighted by Gasteiger charge is 2.13. The van der Waals surface area contributed by atoms with Crippen molar-refractivity contribution in [3.8, 4) is 23.0 Å². The molecule has 4 aromatic rings. The fourth-order valence-corrected chi connectivity index (χ4v) is 2.95. The van der Waals surface area contributed by atoms with Crippen molar-refractivity contribution in [2.75, 3.05) is 7.11 Å². The molecule has 8 nitrogen and oxygen atoms in total. The smallest absolute Gasteiger partial charge is 0.269 e. The standard InChI is InChI=1S/C23H17NO7/c1-28-19-4-2-3-5-20(19)31-22-14-30-21-12-17(10-11-18(21)23(22)25)29-13-15-6-8-16(9-7-15)24(26)27/h2-12,14H,13H2,1H3. The van der Waals surface area contributed by atoms with Crippen LogP contribution in [0.15, 0.2) is 82.2 Å². The van der Waals surface area contributed by atoms with E-state index in [0.29, 0.717) is 28.2 Å². The van der Waals surface area contributed by atoms with Gasteiger partial charge < -0.3 is 18.6 Å². The Labute approximate surface area is 176 Å². The van der Waals surface area contributed by atoms with Crippen LogP contribution in [0.2, 0.25) is 0 Å². The lowest BCUT2D eigenvalue weighted by Gasteiger charge is -2.10. The molecule has 0 N–H and O–H groups in total. The Kier molecular flexibility index (Phi) is 5.53. The van der Waals surface area contributed by atoms with E-state index < -0.39 is 4.92 Å². The molecule has 0 amide bonds. The Morgan fingerprint density at radius 3 is 2.42 bits per heavy atom. The normalized spacial score (nSPS) is 10.6. The van der Waals surface area contributed by atoms with Gasteiger partial charge in [-0.3, -0.25) is 14.9 Å². The monoisotopic (exact) mass is 419 g/mol. The zero-order valence-corrected chi connectivity index (χ0v) is 16.4. The molecule has 31 heavy (non-hydrogen) atoms. The lowest BCUT2D eigenvalue weighted by atomic mass is 10.2. The molecule has 0 fully saturated rings. The molecular formula is C23H17NO7. The zero-order valence-electron chi connectivity index (χ0n) is 16.4. The Bertz CT molecular complexity index is 1300. The maximum absolute atomic E-state index is 12.8. The SMILES string of the molecule is COc1ccccc1Oc1coc2cc(OCc3ccc([N+](=O)[O-])cc3)ccc2c1=O. The number of methoxy groups -OCH3 is 1. The van der Waals surface area contributed by atoms with Crippen LogP contribution in [0.5, 0.6) is 23.0 Å². The van der Waals surface area contributed by atoms with Crippen LogP contribution in [0.1, 0.15) is 5.56 Å². The van der Waals surface area contributed by atoms with Gasteiger partial charge in [-0.2, -0.15) is 0 Å². The summed E-state index contributed by atoms with van der Waals surface area (Å²) in [6, 6.07) is 17.9. The Morgan fingerprint density at radius 2 is 1.71 bits per heavy atom. The molecule has 0 radical (unpaired) electrons.